The summed E-state index contributed by atoms with van der Waals surface area (Å²) in [4.78, 5) is 32.8. The number of allylic oxidation sites excluding steroid dienone is 1. The molecule has 5 heteroatoms. The number of rotatable bonds is 5. The summed E-state index contributed by atoms with van der Waals surface area (Å²) in [7, 11) is 0. The summed E-state index contributed by atoms with van der Waals surface area (Å²) in [5, 5.41) is 1.96. The third-order valence-corrected chi connectivity index (χ3v) is 5.74. The number of hydrogen-bond donors (Lipinski definition) is 0. The first-order chi connectivity index (χ1) is 12.1. The van der Waals surface area contributed by atoms with Crippen molar-refractivity contribution in [2.24, 2.45) is 16.8 Å². The summed E-state index contributed by atoms with van der Waals surface area (Å²) in [6.45, 7) is 4.95. The Morgan fingerprint density at radius 1 is 1.32 bits per heavy atom. The van der Waals surface area contributed by atoms with Gasteiger partial charge in [-0.15, -0.1) is 11.3 Å². The molecule has 2 aliphatic rings. The number of aliphatic imine (C=N–C) groups is 1. The van der Waals surface area contributed by atoms with Gasteiger partial charge in [-0.05, 0) is 36.3 Å². The Kier molecular flexibility index (Phi) is 5.84. The molecule has 0 spiro atoms. The first-order valence-corrected chi connectivity index (χ1v) is 10.1. The molecule has 1 saturated carbocycles. The van der Waals surface area contributed by atoms with Crippen molar-refractivity contribution >= 4 is 28.9 Å². The van der Waals surface area contributed by atoms with Gasteiger partial charge in [0.25, 0.3) is 5.91 Å². The summed E-state index contributed by atoms with van der Waals surface area (Å²) < 4.78 is 0. The summed E-state index contributed by atoms with van der Waals surface area (Å²) >= 11 is 1.55. The van der Waals surface area contributed by atoms with E-state index >= 15 is 0 Å². The molecule has 2 heterocycles. The smallest absolute Gasteiger partial charge is 0.262 e. The molecule has 0 bridgehead atoms. The highest BCUT2D eigenvalue weighted by molar-refractivity contribution is 7.12. The van der Waals surface area contributed by atoms with E-state index in [0.29, 0.717) is 18.2 Å². The standard InChI is InChI=1S/C20H26N2O2S/c1-14(2)13-22(15-7-4-3-5-8-15)20(24)16-10-11-17(21-19(16)23)18-9-6-12-25-18/h6,9-12,14-16H,3-5,7-8,13H2,1-2H3. The van der Waals surface area contributed by atoms with E-state index in [1.165, 1.54) is 19.3 Å². The number of nitrogens with zero attached hydrogens (tertiary/aromatic N) is 2. The predicted molar refractivity (Wildman–Crippen MR) is 102 cm³/mol. The monoisotopic (exact) mass is 358 g/mol. The van der Waals surface area contributed by atoms with Crippen LogP contribution in [0.25, 0.3) is 0 Å². The van der Waals surface area contributed by atoms with Crippen LogP contribution < -0.4 is 0 Å². The molecule has 1 aromatic heterocycles. The van der Waals surface area contributed by atoms with Crippen molar-refractivity contribution in [1.29, 1.82) is 0 Å². The Hall–Kier alpha value is -1.75. The second-order valence-electron chi connectivity index (χ2n) is 7.33. The van der Waals surface area contributed by atoms with Crippen LogP contribution in [0.3, 0.4) is 0 Å². The topological polar surface area (TPSA) is 49.7 Å². The van der Waals surface area contributed by atoms with E-state index in [4.69, 9.17) is 0 Å². The lowest BCUT2D eigenvalue weighted by molar-refractivity contribution is -0.142. The van der Waals surface area contributed by atoms with E-state index in [0.717, 1.165) is 17.7 Å². The van der Waals surface area contributed by atoms with E-state index in [2.05, 4.69) is 18.8 Å². The molecule has 1 fully saturated rings. The van der Waals surface area contributed by atoms with Gasteiger partial charge in [-0.1, -0.05) is 45.3 Å². The maximum Gasteiger partial charge on any atom is 0.262 e. The molecule has 134 valence electrons. The largest absolute Gasteiger partial charge is 0.338 e. The third kappa shape index (κ3) is 4.27. The average Bonchev–Trinajstić information content (AvgIpc) is 3.14. The SMILES string of the molecule is CC(C)CN(C(=O)C1C=CC(c2cccs2)=NC1=O)C1CCCCC1. The first kappa shape index (κ1) is 18.1. The van der Waals surface area contributed by atoms with Crippen molar-refractivity contribution in [2.75, 3.05) is 6.54 Å². The molecule has 0 saturated heterocycles. The van der Waals surface area contributed by atoms with Crippen LogP contribution in [-0.2, 0) is 9.59 Å². The highest BCUT2D eigenvalue weighted by Gasteiger charge is 2.34. The zero-order chi connectivity index (χ0) is 17.8. The molecule has 1 aromatic rings. The van der Waals surface area contributed by atoms with Gasteiger partial charge in [0, 0.05) is 12.6 Å². The number of carbonyl (C=O) groups is 2. The van der Waals surface area contributed by atoms with Gasteiger partial charge in [-0.3, -0.25) is 9.59 Å². The van der Waals surface area contributed by atoms with Gasteiger partial charge in [0.1, 0.15) is 5.92 Å². The van der Waals surface area contributed by atoms with Crippen molar-refractivity contribution < 1.29 is 9.59 Å². The van der Waals surface area contributed by atoms with E-state index in [9.17, 15) is 9.59 Å². The Labute approximate surface area is 153 Å². The van der Waals surface area contributed by atoms with Gasteiger partial charge in [0.05, 0.1) is 10.6 Å². The van der Waals surface area contributed by atoms with Crippen LogP contribution in [0.4, 0.5) is 0 Å². The lowest BCUT2D eigenvalue weighted by atomic mass is 9.92. The lowest BCUT2D eigenvalue weighted by Crippen LogP contribution is -2.47. The summed E-state index contributed by atoms with van der Waals surface area (Å²) in [6.07, 6.45) is 9.24. The van der Waals surface area contributed by atoms with Gasteiger partial charge in [0.15, 0.2) is 0 Å². The van der Waals surface area contributed by atoms with Gasteiger partial charge in [0.2, 0.25) is 5.91 Å². The fraction of sp³-hybridized carbons (Fsp3) is 0.550. The van der Waals surface area contributed by atoms with Crippen LogP contribution in [0, 0.1) is 11.8 Å². The number of dihydropyridines is 1. The molecule has 25 heavy (non-hydrogen) atoms. The zero-order valence-corrected chi connectivity index (χ0v) is 15.8. The van der Waals surface area contributed by atoms with Crippen molar-refractivity contribution in [3.8, 4) is 0 Å². The lowest BCUT2D eigenvalue weighted by Gasteiger charge is -2.37. The summed E-state index contributed by atoms with van der Waals surface area (Å²) in [6, 6.07) is 4.15. The highest BCUT2D eigenvalue weighted by atomic mass is 32.1. The van der Waals surface area contributed by atoms with Crippen LogP contribution in [0.5, 0.6) is 0 Å². The van der Waals surface area contributed by atoms with Gasteiger partial charge in [-0.2, -0.15) is 0 Å². The predicted octanol–water partition coefficient (Wildman–Crippen LogP) is 4.07. The van der Waals surface area contributed by atoms with Gasteiger partial charge >= 0.3 is 0 Å². The zero-order valence-electron chi connectivity index (χ0n) is 15.0. The van der Waals surface area contributed by atoms with Crippen molar-refractivity contribution in [3.05, 3.63) is 34.5 Å². The number of amides is 2. The molecule has 1 aliphatic heterocycles. The molecule has 0 N–H and O–H groups in total. The van der Waals surface area contributed by atoms with Crippen molar-refractivity contribution in [2.45, 2.75) is 52.0 Å². The van der Waals surface area contributed by atoms with Gasteiger partial charge in [-0.25, -0.2) is 4.99 Å². The number of hydrogen-bond acceptors (Lipinski definition) is 3. The van der Waals surface area contributed by atoms with Crippen molar-refractivity contribution in [1.82, 2.24) is 4.90 Å². The third-order valence-electron chi connectivity index (χ3n) is 4.84. The minimum Gasteiger partial charge on any atom is -0.338 e. The highest BCUT2D eigenvalue weighted by Crippen LogP contribution is 2.26. The Morgan fingerprint density at radius 3 is 2.68 bits per heavy atom. The quantitative estimate of drug-likeness (QED) is 0.745. The second-order valence-corrected chi connectivity index (χ2v) is 8.27. The maximum absolute atomic E-state index is 13.1. The van der Waals surface area contributed by atoms with E-state index < -0.39 is 5.92 Å². The minimum absolute atomic E-state index is 0.0733. The Balaban J connectivity index is 1.76. The van der Waals surface area contributed by atoms with Crippen LogP contribution >= 0.6 is 11.3 Å². The molecule has 0 radical (unpaired) electrons. The van der Waals surface area contributed by atoms with Gasteiger partial charge < -0.3 is 4.90 Å². The fourth-order valence-electron chi connectivity index (χ4n) is 3.63. The number of thiophene rings is 1. The molecule has 4 nitrogen and oxygen atoms in total. The van der Waals surface area contributed by atoms with Crippen LogP contribution in [0.15, 0.2) is 34.7 Å². The summed E-state index contributed by atoms with van der Waals surface area (Å²) in [5.74, 6) is -0.778. The van der Waals surface area contributed by atoms with E-state index in [-0.39, 0.29) is 17.9 Å². The molecular weight excluding hydrogens is 332 g/mol. The van der Waals surface area contributed by atoms with Crippen LogP contribution in [0.1, 0.15) is 50.8 Å². The van der Waals surface area contributed by atoms with Crippen LogP contribution in [0.2, 0.25) is 0 Å². The normalized spacial score (nSPS) is 21.5. The molecule has 2 amide bonds. The second kappa shape index (κ2) is 8.09. The fourth-order valence-corrected chi connectivity index (χ4v) is 4.32. The van der Waals surface area contributed by atoms with Crippen LogP contribution in [-0.4, -0.2) is 35.0 Å². The number of carbonyl (C=O) groups excluding carboxylic acids is 2. The average molecular weight is 359 g/mol. The van der Waals surface area contributed by atoms with E-state index in [1.807, 2.05) is 28.5 Å². The maximum atomic E-state index is 13.1. The minimum atomic E-state index is -0.760. The molecule has 1 aliphatic carbocycles. The molecule has 1 atom stereocenters. The Bertz CT molecular complexity index is 670. The first-order valence-electron chi connectivity index (χ1n) is 9.21. The summed E-state index contributed by atoms with van der Waals surface area (Å²) in [5.41, 5.74) is 0.664. The molecule has 1 unspecified atom stereocenters. The van der Waals surface area contributed by atoms with E-state index in [1.54, 1.807) is 17.4 Å². The van der Waals surface area contributed by atoms with Crippen molar-refractivity contribution in [3.63, 3.8) is 0 Å². The molecular formula is C20H26N2O2S. The Morgan fingerprint density at radius 2 is 2.08 bits per heavy atom. The molecule has 3 rings (SSSR count). The molecule has 0 aromatic carbocycles.